The van der Waals surface area contributed by atoms with E-state index in [1.807, 2.05) is 13.0 Å². The van der Waals surface area contributed by atoms with Gasteiger partial charge in [0.15, 0.2) is 0 Å². The molecule has 0 aliphatic heterocycles. The molecule has 5 heteroatoms. The van der Waals surface area contributed by atoms with Gasteiger partial charge in [-0.25, -0.2) is 9.37 Å². The number of rotatable bonds is 6. The van der Waals surface area contributed by atoms with Crippen LogP contribution in [0.25, 0.3) is 10.8 Å². The third kappa shape index (κ3) is 4.69. The Morgan fingerprint density at radius 3 is 2.62 bits per heavy atom. The van der Waals surface area contributed by atoms with Gasteiger partial charge in [-0.2, -0.15) is 0 Å². The van der Waals surface area contributed by atoms with Crippen molar-refractivity contribution >= 4 is 28.0 Å². The molecule has 0 spiro atoms. The number of hydrogen-bond acceptors (Lipinski definition) is 3. The predicted octanol–water partition coefficient (Wildman–Crippen LogP) is 5.19. The lowest BCUT2D eigenvalue weighted by Crippen LogP contribution is -2.24. The summed E-state index contributed by atoms with van der Waals surface area (Å²) in [5.74, 6) is -0.336. The minimum absolute atomic E-state index is 0.0576. The Bertz CT molecular complexity index is 1150. The van der Waals surface area contributed by atoms with Gasteiger partial charge < -0.3 is 5.32 Å². The maximum Gasteiger partial charge on any atom is 0.225 e. The van der Waals surface area contributed by atoms with E-state index in [1.54, 1.807) is 23.5 Å². The van der Waals surface area contributed by atoms with E-state index in [0.717, 1.165) is 27.6 Å². The Kier molecular flexibility index (Phi) is 5.67. The van der Waals surface area contributed by atoms with Gasteiger partial charge in [-0.05, 0) is 41.0 Å². The van der Waals surface area contributed by atoms with Crippen molar-refractivity contribution in [3.63, 3.8) is 0 Å². The van der Waals surface area contributed by atoms with Crippen molar-refractivity contribution in [2.75, 3.05) is 0 Å². The van der Waals surface area contributed by atoms with Gasteiger partial charge >= 0.3 is 0 Å². The topological polar surface area (TPSA) is 42.0 Å². The number of thiazole rings is 1. The molecule has 3 aromatic carbocycles. The number of benzene rings is 3. The van der Waals surface area contributed by atoms with Crippen LogP contribution < -0.4 is 5.32 Å². The second-order valence-electron chi connectivity index (χ2n) is 7.01. The van der Waals surface area contributed by atoms with E-state index in [1.165, 1.54) is 28.5 Å². The first-order valence-corrected chi connectivity index (χ1v) is 10.3. The van der Waals surface area contributed by atoms with Crippen LogP contribution in [-0.2, 0) is 24.2 Å². The first-order valence-electron chi connectivity index (χ1n) is 9.51. The highest BCUT2D eigenvalue weighted by atomic mass is 32.1. The molecular weight excluding hydrogens is 383 g/mol. The van der Waals surface area contributed by atoms with Crippen LogP contribution in [0, 0.1) is 12.7 Å². The quantitative estimate of drug-likeness (QED) is 0.480. The highest BCUT2D eigenvalue weighted by Crippen LogP contribution is 2.25. The van der Waals surface area contributed by atoms with Crippen molar-refractivity contribution in [2.24, 2.45) is 0 Å². The van der Waals surface area contributed by atoms with Crippen LogP contribution in [0.2, 0.25) is 0 Å². The molecule has 0 aliphatic carbocycles. The largest absolute Gasteiger partial charge is 0.352 e. The van der Waals surface area contributed by atoms with Crippen molar-refractivity contribution in [2.45, 2.75) is 26.3 Å². The Labute approximate surface area is 173 Å². The summed E-state index contributed by atoms with van der Waals surface area (Å²) in [5.41, 5.74) is 3.02. The number of halogens is 1. The van der Waals surface area contributed by atoms with Gasteiger partial charge in [0.1, 0.15) is 5.82 Å². The molecule has 0 unspecified atom stereocenters. The second-order valence-corrected chi connectivity index (χ2v) is 8.18. The molecule has 3 nitrogen and oxygen atoms in total. The lowest BCUT2D eigenvalue weighted by molar-refractivity contribution is -0.120. The number of aryl methyl sites for hydroxylation is 1. The molecule has 1 heterocycles. The number of hydrogen-bond donors (Lipinski definition) is 1. The summed E-state index contributed by atoms with van der Waals surface area (Å²) in [5, 5.41) is 6.37. The highest BCUT2D eigenvalue weighted by molar-refractivity contribution is 7.11. The second kappa shape index (κ2) is 8.53. The average Bonchev–Trinajstić information content (AvgIpc) is 3.06. The van der Waals surface area contributed by atoms with Crippen LogP contribution in [0.1, 0.15) is 26.7 Å². The smallest absolute Gasteiger partial charge is 0.225 e. The van der Waals surface area contributed by atoms with Crippen molar-refractivity contribution in [3.8, 4) is 0 Å². The third-order valence-electron chi connectivity index (χ3n) is 4.88. The maximum atomic E-state index is 13.0. The number of carbonyl (C=O) groups is 1. The molecular formula is C24H21FN2OS. The molecule has 0 saturated carbocycles. The van der Waals surface area contributed by atoms with Crippen LogP contribution in [0.15, 0.2) is 66.7 Å². The SMILES string of the molecule is Cc1nc(Cc2cccc3ccccc23)sc1CC(=O)NCc1ccc(F)cc1. The lowest BCUT2D eigenvalue weighted by Gasteiger charge is -2.05. The zero-order chi connectivity index (χ0) is 20.2. The summed E-state index contributed by atoms with van der Waals surface area (Å²) < 4.78 is 13.0. The van der Waals surface area contributed by atoms with Crippen LogP contribution in [0.3, 0.4) is 0 Å². The maximum absolute atomic E-state index is 13.0. The number of fused-ring (bicyclic) bond motifs is 1. The summed E-state index contributed by atoms with van der Waals surface area (Å²) in [6, 6.07) is 20.8. The average molecular weight is 405 g/mol. The minimum Gasteiger partial charge on any atom is -0.352 e. The molecule has 1 N–H and O–H groups in total. The first-order chi connectivity index (χ1) is 14.1. The van der Waals surface area contributed by atoms with E-state index in [9.17, 15) is 9.18 Å². The third-order valence-corrected chi connectivity index (χ3v) is 6.04. The highest BCUT2D eigenvalue weighted by Gasteiger charge is 2.13. The standard InChI is InChI=1S/C24H21FN2OS/c1-16-22(14-23(28)26-15-17-9-11-20(25)12-10-17)29-24(27-16)13-19-7-4-6-18-5-2-3-8-21(18)19/h2-12H,13-15H2,1H3,(H,26,28). The summed E-state index contributed by atoms with van der Waals surface area (Å²) in [4.78, 5) is 18.0. The van der Waals surface area contributed by atoms with E-state index in [4.69, 9.17) is 4.98 Å². The van der Waals surface area contributed by atoms with Crippen LogP contribution in [-0.4, -0.2) is 10.9 Å². The zero-order valence-electron chi connectivity index (χ0n) is 16.1. The van der Waals surface area contributed by atoms with Gasteiger partial charge in [0.2, 0.25) is 5.91 Å². The van der Waals surface area contributed by atoms with Gasteiger partial charge in [-0.3, -0.25) is 4.79 Å². The Hall–Kier alpha value is -3.05. The van der Waals surface area contributed by atoms with Crippen molar-refractivity contribution in [3.05, 3.63) is 99.3 Å². The van der Waals surface area contributed by atoms with Gasteiger partial charge in [0, 0.05) is 17.8 Å². The molecule has 0 fully saturated rings. The molecule has 0 aliphatic rings. The minimum atomic E-state index is -0.279. The molecule has 1 aromatic heterocycles. The van der Waals surface area contributed by atoms with E-state index < -0.39 is 0 Å². The Morgan fingerprint density at radius 2 is 1.79 bits per heavy atom. The zero-order valence-corrected chi connectivity index (χ0v) is 16.9. The summed E-state index contributed by atoms with van der Waals surface area (Å²) in [6.45, 7) is 2.34. The molecule has 4 rings (SSSR count). The first kappa shape index (κ1) is 19.3. The predicted molar refractivity (Wildman–Crippen MR) is 116 cm³/mol. The number of nitrogens with one attached hydrogen (secondary N) is 1. The molecule has 1 amide bonds. The number of nitrogens with zero attached hydrogens (tertiary/aromatic N) is 1. The number of amides is 1. The fourth-order valence-corrected chi connectivity index (χ4v) is 4.44. The van der Waals surface area contributed by atoms with E-state index in [-0.39, 0.29) is 11.7 Å². The summed E-state index contributed by atoms with van der Waals surface area (Å²) >= 11 is 1.59. The van der Waals surface area contributed by atoms with E-state index in [0.29, 0.717) is 13.0 Å². The Balaban J connectivity index is 1.42. The van der Waals surface area contributed by atoms with Crippen molar-refractivity contribution in [1.82, 2.24) is 10.3 Å². The van der Waals surface area contributed by atoms with Crippen molar-refractivity contribution in [1.29, 1.82) is 0 Å². The molecule has 29 heavy (non-hydrogen) atoms. The van der Waals surface area contributed by atoms with Crippen LogP contribution in [0.5, 0.6) is 0 Å². The fourth-order valence-electron chi connectivity index (χ4n) is 3.35. The van der Waals surface area contributed by atoms with E-state index >= 15 is 0 Å². The van der Waals surface area contributed by atoms with E-state index in [2.05, 4.69) is 41.7 Å². The summed E-state index contributed by atoms with van der Waals surface area (Å²) in [6.07, 6.45) is 1.06. The van der Waals surface area contributed by atoms with Gasteiger partial charge in [0.25, 0.3) is 0 Å². The summed E-state index contributed by atoms with van der Waals surface area (Å²) in [7, 11) is 0. The molecule has 0 atom stereocenters. The fraction of sp³-hybridized carbons (Fsp3) is 0.167. The number of carbonyl (C=O) groups excluding carboxylic acids is 1. The molecule has 4 aromatic rings. The normalized spacial score (nSPS) is 11.0. The molecule has 146 valence electrons. The van der Waals surface area contributed by atoms with Crippen molar-refractivity contribution < 1.29 is 9.18 Å². The molecule has 0 bridgehead atoms. The van der Waals surface area contributed by atoms with Gasteiger partial charge in [-0.1, -0.05) is 54.6 Å². The monoisotopic (exact) mass is 404 g/mol. The Morgan fingerprint density at radius 1 is 1.03 bits per heavy atom. The van der Waals surface area contributed by atoms with Crippen LogP contribution in [0.4, 0.5) is 4.39 Å². The molecule has 0 saturated heterocycles. The number of aromatic nitrogens is 1. The lowest BCUT2D eigenvalue weighted by atomic mass is 10.0. The van der Waals surface area contributed by atoms with Gasteiger partial charge in [0.05, 0.1) is 17.1 Å². The molecule has 0 radical (unpaired) electrons. The van der Waals surface area contributed by atoms with Crippen LogP contribution >= 0.6 is 11.3 Å². The van der Waals surface area contributed by atoms with Gasteiger partial charge in [-0.15, -0.1) is 11.3 Å².